The van der Waals surface area contributed by atoms with E-state index in [4.69, 9.17) is 0 Å². The van der Waals surface area contributed by atoms with Crippen LogP contribution in [-0.2, 0) is 0 Å². The lowest BCUT2D eigenvalue weighted by molar-refractivity contribution is 0.179. The Hall–Kier alpha value is -1.08. The van der Waals surface area contributed by atoms with Gasteiger partial charge in [-0.2, -0.15) is 0 Å². The maximum Gasteiger partial charge on any atom is 0.0615 e. The van der Waals surface area contributed by atoms with Crippen LogP contribution in [-0.4, -0.2) is 11.2 Å². The van der Waals surface area contributed by atoms with Gasteiger partial charge in [-0.3, -0.25) is 0 Å². The average Bonchev–Trinajstić information content (AvgIpc) is 2.07. The van der Waals surface area contributed by atoms with Crippen LogP contribution in [0.15, 0.2) is 43.0 Å². The Kier molecular flexibility index (Phi) is 3.06. The van der Waals surface area contributed by atoms with Gasteiger partial charge < -0.3 is 5.11 Å². The molecule has 0 aliphatic heterocycles. The Morgan fingerprint density at radius 2 is 1.92 bits per heavy atom. The molecule has 0 aliphatic carbocycles. The number of hydrogen-bond acceptors (Lipinski definition) is 1. The summed E-state index contributed by atoms with van der Waals surface area (Å²) in [6.45, 7) is 5.48. The second-order valence-corrected chi connectivity index (χ2v) is 2.91. The highest BCUT2D eigenvalue weighted by Gasteiger charge is 2.11. The van der Waals surface area contributed by atoms with Crippen molar-refractivity contribution in [1.82, 2.24) is 0 Å². The molecule has 1 heteroatoms. The monoisotopic (exact) mass is 162 g/mol. The third-order valence-corrected chi connectivity index (χ3v) is 1.96. The zero-order chi connectivity index (χ0) is 8.97. The Morgan fingerprint density at radius 3 is 2.33 bits per heavy atom. The Balaban J connectivity index is 2.88. The molecule has 1 rings (SSSR count). The fourth-order valence-corrected chi connectivity index (χ4v) is 1.29. The first-order chi connectivity index (χ1) is 5.75. The zero-order valence-electron chi connectivity index (χ0n) is 7.27. The van der Waals surface area contributed by atoms with Gasteiger partial charge in [0.2, 0.25) is 0 Å². The predicted octanol–water partition coefficient (Wildman–Crippen LogP) is 2.34. The molecule has 1 nitrogen and oxygen atoms in total. The summed E-state index contributed by atoms with van der Waals surface area (Å²) >= 11 is 0. The van der Waals surface area contributed by atoms with Crippen molar-refractivity contribution < 1.29 is 5.11 Å². The Morgan fingerprint density at radius 1 is 1.33 bits per heavy atom. The summed E-state index contributed by atoms with van der Waals surface area (Å²) in [7, 11) is 0. The zero-order valence-corrected chi connectivity index (χ0v) is 7.27. The molecule has 0 saturated heterocycles. The molecule has 0 fully saturated rings. The van der Waals surface area contributed by atoms with E-state index in [1.165, 1.54) is 0 Å². The first kappa shape index (κ1) is 9.01. The summed E-state index contributed by atoms with van der Waals surface area (Å²) in [4.78, 5) is 0. The summed E-state index contributed by atoms with van der Waals surface area (Å²) < 4.78 is 0. The highest BCUT2D eigenvalue weighted by molar-refractivity contribution is 5.24. The van der Waals surface area contributed by atoms with Gasteiger partial charge in [-0.1, -0.05) is 36.4 Å². The maximum absolute atomic E-state index is 9.39. The number of benzene rings is 1. The smallest absolute Gasteiger partial charge is 0.0615 e. The van der Waals surface area contributed by atoms with Crippen LogP contribution < -0.4 is 0 Å². The van der Waals surface area contributed by atoms with Crippen molar-refractivity contribution in [2.45, 2.75) is 18.9 Å². The average molecular weight is 162 g/mol. The van der Waals surface area contributed by atoms with Crippen LogP contribution in [0.5, 0.6) is 0 Å². The Bertz CT molecular complexity index is 238. The minimum absolute atomic E-state index is 0.0474. The van der Waals surface area contributed by atoms with Crippen molar-refractivity contribution in [2.24, 2.45) is 0 Å². The van der Waals surface area contributed by atoms with Crippen LogP contribution >= 0.6 is 0 Å². The topological polar surface area (TPSA) is 20.2 Å². The molecular weight excluding hydrogens is 148 g/mol. The number of aliphatic hydroxyl groups excluding tert-OH is 1. The van der Waals surface area contributed by atoms with Crippen LogP contribution in [0.4, 0.5) is 0 Å². The highest BCUT2D eigenvalue weighted by Crippen LogP contribution is 2.19. The van der Waals surface area contributed by atoms with Crippen molar-refractivity contribution in [3.05, 3.63) is 48.6 Å². The molecule has 0 heterocycles. The van der Waals surface area contributed by atoms with E-state index in [0.29, 0.717) is 0 Å². The van der Waals surface area contributed by atoms with E-state index in [0.717, 1.165) is 5.56 Å². The minimum atomic E-state index is -0.370. The van der Waals surface area contributed by atoms with Gasteiger partial charge in [-0.15, -0.1) is 6.58 Å². The number of rotatable bonds is 3. The van der Waals surface area contributed by atoms with Gasteiger partial charge in [0.15, 0.2) is 0 Å². The standard InChI is InChI=1S/C11H14O/c1-3-11(9(2)12)10-7-5-4-6-8-10/h3-9,11-12H,1H2,2H3/t9-,11-/m0/s1. The van der Waals surface area contributed by atoms with Crippen molar-refractivity contribution >= 4 is 0 Å². The van der Waals surface area contributed by atoms with Gasteiger partial charge in [0.25, 0.3) is 0 Å². The number of hydrogen-bond donors (Lipinski definition) is 1. The molecule has 0 saturated carbocycles. The lowest BCUT2D eigenvalue weighted by Gasteiger charge is -2.15. The van der Waals surface area contributed by atoms with Crippen LogP contribution in [0.3, 0.4) is 0 Å². The van der Waals surface area contributed by atoms with E-state index in [9.17, 15) is 5.11 Å². The summed E-state index contributed by atoms with van der Waals surface area (Å²) in [5.74, 6) is 0.0474. The van der Waals surface area contributed by atoms with Crippen molar-refractivity contribution in [2.75, 3.05) is 0 Å². The fourth-order valence-electron chi connectivity index (χ4n) is 1.29. The second kappa shape index (κ2) is 4.07. The molecule has 1 aromatic rings. The van der Waals surface area contributed by atoms with E-state index in [-0.39, 0.29) is 12.0 Å². The molecule has 1 N–H and O–H groups in total. The molecule has 0 radical (unpaired) electrons. The van der Waals surface area contributed by atoms with Crippen LogP contribution in [0.1, 0.15) is 18.4 Å². The minimum Gasteiger partial charge on any atom is -0.392 e. The Labute approximate surface area is 73.4 Å². The van der Waals surface area contributed by atoms with E-state index in [1.807, 2.05) is 30.3 Å². The molecular formula is C11H14O. The summed E-state index contributed by atoms with van der Waals surface area (Å²) in [6, 6.07) is 9.90. The molecule has 1 aromatic carbocycles. The summed E-state index contributed by atoms with van der Waals surface area (Å²) in [6.07, 6.45) is 1.41. The molecule has 0 aliphatic rings. The quantitative estimate of drug-likeness (QED) is 0.676. The fraction of sp³-hybridized carbons (Fsp3) is 0.273. The van der Waals surface area contributed by atoms with Crippen molar-refractivity contribution in [1.29, 1.82) is 0 Å². The highest BCUT2D eigenvalue weighted by atomic mass is 16.3. The van der Waals surface area contributed by atoms with E-state index >= 15 is 0 Å². The molecule has 0 bridgehead atoms. The van der Waals surface area contributed by atoms with E-state index in [1.54, 1.807) is 13.0 Å². The molecule has 0 amide bonds. The molecule has 64 valence electrons. The third-order valence-electron chi connectivity index (χ3n) is 1.96. The van der Waals surface area contributed by atoms with Gasteiger partial charge >= 0.3 is 0 Å². The first-order valence-electron chi connectivity index (χ1n) is 4.11. The molecule has 0 spiro atoms. The molecule has 0 unspecified atom stereocenters. The molecule has 12 heavy (non-hydrogen) atoms. The number of aliphatic hydroxyl groups is 1. The lowest BCUT2D eigenvalue weighted by Crippen LogP contribution is -2.11. The second-order valence-electron chi connectivity index (χ2n) is 2.91. The normalized spacial score (nSPS) is 15.2. The van der Waals surface area contributed by atoms with Gasteiger partial charge in [0, 0.05) is 5.92 Å². The molecule has 2 atom stereocenters. The van der Waals surface area contributed by atoms with Crippen molar-refractivity contribution in [3.63, 3.8) is 0 Å². The van der Waals surface area contributed by atoms with E-state index in [2.05, 4.69) is 6.58 Å². The van der Waals surface area contributed by atoms with Crippen molar-refractivity contribution in [3.8, 4) is 0 Å². The molecule has 0 aromatic heterocycles. The first-order valence-corrected chi connectivity index (χ1v) is 4.11. The van der Waals surface area contributed by atoms with Gasteiger partial charge in [0.05, 0.1) is 6.10 Å². The van der Waals surface area contributed by atoms with Gasteiger partial charge in [-0.25, -0.2) is 0 Å². The lowest BCUT2D eigenvalue weighted by atomic mass is 9.95. The summed E-state index contributed by atoms with van der Waals surface area (Å²) in [5.41, 5.74) is 1.11. The van der Waals surface area contributed by atoms with Crippen LogP contribution in [0.25, 0.3) is 0 Å². The van der Waals surface area contributed by atoms with Gasteiger partial charge in [0.1, 0.15) is 0 Å². The third kappa shape index (κ3) is 1.95. The van der Waals surface area contributed by atoms with Crippen LogP contribution in [0.2, 0.25) is 0 Å². The largest absolute Gasteiger partial charge is 0.392 e. The summed E-state index contributed by atoms with van der Waals surface area (Å²) in [5, 5.41) is 9.39. The van der Waals surface area contributed by atoms with Crippen LogP contribution in [0, 0.1) is 0 Å². The SMILES string of the molecule is C=C[C@H](c1ccccc1)[C@H](C)O. The predicted molar refractivity (Wildman–Crippen MR) is 51.1 cm³/mol. The maximum atomic E-state index is 9.39. The van der Waals surface area contributed by atoms with Gasteiger partial charge in [-0.05, 0) is 12.5 Å². The van der Waals surface area contributed by atoms with E-state index < -0.39 is 0 Å².